The first-order valence-corrected chi connectivity index (χ1v) is 6.42. The molecule has 1 aromatic rings. The second-order valence-corrected chi connectivity index (χ2v) is 5.46. The Kier molecular flexibility index (Phi) is 4.41. The SMILES string of the molecule is Clc1ccc(CNCN2CCNCC2)s1. The van der Waals surface area contributed by atoms with Gasteiger partial charge in [-0.1, -0.05) is 11.6 Å². The number of thiophene rings is 1. The molecule has 2 N–H and O–H groups in total. The third kappa shape index (κ3) is 3.74. The third-order valence-corrected chi connectivity index (χ3v) is 3.70. The zero-order chi connectivity index (χ0) is 10.5. The highest BCUT2D eigenvalue weighted by Crippen LogP contribution is 2.20. The van der Waals surface area contributed by atoms with E-state index in [0.29, 0.717) is 0 Å². The Morgan fingerprint density at radius 2 is 2.20 bits per heavy atom. The predicted octanol–water partition coefficient (Wildman–Crippen LogP) is 1.35. The van der Waals surface area contributed by atoms with Gasteiger partial charge in [-0.2, -0.15) is 0 Å². The molecule has 5 heteroatoms. The fourth-order valence-electron chi connectivity index (χ4n) is 1.65. The van der Waals surface area contributed by atoms with E-state index in [-0.39, 0.29) is 0 Å². The van der Waals surface area contributed by atoms with Crippen LogP contribution in [0.2, 0.25) is 4.34 Å². The van der Waals surface area contributed by atoms with Crippen LogP contribution < -0.4 is 10.6 Å². The van der Waals surface area contributed by atoms with Gasteiger partial charge >= 0.3 is 0 Å². The second-order valence-electron chi connectivity index (χ2n) is 3.66. The summed E-state index contributed by atoms with van der Waals surface area (Å²) >= 11 is 7.51. The van der Waals surface area contributed by atoms with Crippen LogP contribution in [0.3, 0.4) is 0 Å². The maximum atomic E-state index is 5.86. The van der Waals surface area contributed by atoms with E-state index in [1.165, 1.54) is 4.88 Å². The summed E-state index contributed by atoms with van der Waals surface area (Å²) in [5, 5.41) is 6.78. The molecular formula is C10H16ClN3S. The number of rotatable bonds is 4. The first-order chi connectivity index (χ1) is 7.34. The van der Waals surface area contributed by atoms with Gasteiger partial charge in [0, 0.05) is 44.3 Å². The van der Waals surface area contributed by atoms with Crippen molar-refractivity contribution in [3.63, 3.8) is 0 Å². The maximum Gasteiger partial charge on any atom is 0.0931 e. The quantitative estimate of drug-likeness (QED) is 0.839. The average molecular weight is 246 g/mol. The highest BCUT2D eigenvalue weighted by molar-refractivity contribution is 7.16. The lowest BCUT2D eigenvalue weighted by atomic mass is 10.4. The minimum Gasteiger partial charge on any atom is -0.314 e. The van der Waals surface area contributed by atoms with Gasteiger partial charge in [-0.15, -0.1) is 11.3 Å². The minimum absolute atomic E-state index is 0.869. The van der Waals surface area contributed by atoms with E-state index >= 15 is 0 Å². The molecule has 0 unspecified atom stereocenters. The van der Waals surface area contributed by atoms with Crippen LogP contribution in [0.15, 0.2) is 12.1 Å². The van der Waals surface area contributed by atoms with E-state index in [0.717, 1.165) is 43.7 Å². The van der Waals surface area contributed by atoms with Crippen LogP contribution in [0.5, 0.6) is 0 Å². The topological polar surface area (TPSA) is 27.3 Å². The zero-order valence-corrected chi connectivity index (χ0v) is 10.2. The van der Waals surface area contributed by atoms with Crippen LogP contribution in [0.1, 0.15) is 4.88 Å². The molecule has 1 aromatic heterocycles. The molecule has 0 aromatic carbocycles. The Morgan fingerprint density at radius 1 is 1.40 bits per heavy atom. The largest absolute Gasteiger partial charge is 0.314 e. The summed E-state index contributed by atoms with van der Waals surface area (Å²) in [7, 11) is 0. The van der Waals surface area contributed by atoms with E-state index < -0.39 is 0 Å². The molecule has 15 heavy (non-hydrogen) atoms. The minimum atomic E-state index is 0.869. The van der Waals surface area contributed by atoms with Gasteiger partial charge in [-0.3, -0.25) is 10.2 Å². The smallest absolute Gasteiger partial charge is 0.0931 e. The summed E-state index contributed by atoms with van der Waals surface area (Å²) in [6.45, 7) is 6.37. The van der Waals surface area contributed by atoms with Crippen molar-refractivity contribution in [2.24, 2.45) is 0 Å². The van der Waals surface area contributed by atoms with Crippen molar-refractivity contribution >= 4 is 22.9 Å². The lowest BCUT2D eigenvalue weighted by molar-refractivity contribution is 0.223. The third-order valence-electron chi connectivity index (χ3n) is 2.47. The summed E-state index contributed by atoms with van der Waals surface area (Å²) in [5.74, 6) is 0. The molecule has 84 valence electrons. The van der Waals surface area contributed by atoms with E-state index in [1.54, 1.807) is 11.3 Å². The molecule has 1 fully saturated rings. The van der Waals surface area contributed by atoms with Gasteiger partial charge < -0.3 is 5.32 Å². The average Bonchev–Trinajstić information content (AvgIpc) is 2.66. The Morgan fingerprint density at radius 3 is 2.87 bits per heavy atom. The van der Waals surface area contributed by atoms with Crippen molar-refractivity contribution in [1.29, 1.82) is 0 Å². The number of hydrogen-bond acceptors (Lipinski definition) is 4. The van der Waals surface area contributed by atoms with Crippen molar-refractivity contribution in [3.8, 4) is 0 Å². The van der Waals surface area contributed by atoms with Gasteiger partial charge in [0.1, 0.15) is 0 Å². The van der Waals surface area contributed by atoms with Crippen LogP contribution >= 0.6 is 22.9 Å². The van der Waals surface area contributed by atoms with Crippen LogP contribution in [0, 0.1) is 0 Å². The van der Waals surface area contributed by atoms with E-state index in [9.17, 15) is 0 Å². The van der Waals surface area contributed by atoms with Gasteiger partial charge in [-0.05, 0) is 12.1 Å². The molecule has 0 spiro atoms. The van der Waals surface area contributed by atoms with E-state index in [2.05, 4.69) is 21.6 Å². The Hall–Kier alpha value is -0.130. The van der Waals surface area contributed by atoms with E-state index in [4.69, 9.17) is 11.6 Å². The molecule has 0 saturated carbocycles. The fourth-order valence-corrected chi connectivity index (χ4v) is 2.71. The summed E-state index contributed by atoms with van der Waals surface area (Å²) < 4.78 is 0.869. The molecule has 1 aliphatic rings. The molecule has 1 aliphatic heterocycles. The standard InChI is InChI=1S/C10H16ClN3S/c11-10-2-1-9(15-10)7-13-8-14-5-3-12-4-6-14/h1-2,12-13H,3-8H2. The summed E-state index contributed by atoms with van der Waals surface area (Å²) in [6, 6.07) is 4.03. The number of halogens is 1. The summed E-state index contributed by atoms with van der Waals surface area (Å²) in [5.41, 5.74) is 0. The molecule has 2 rings (SSSR count). The Balaban J connectivity index is 1.65. The van der Waals surface area contributed by atoms with Gasteiger partial charge in [0.25, 0.3) is 0 Å². The van der Waals surface area contributed by atoms with Gasteiger partial charge in [0.05, 0.1) is 4.34 Å². The lowest BCUT2D eigenvalue weighted by Gasteiger charge is -2.27. The molecule has 2 heterocycles. The monoisotopic (exact) mass is 245 g/mol. The van der Waals surface area contributed by atoms with Gasteiger partial charge in [0.2, 0.25) is 0 Å². The second kappa shape index (κ2) is 5.82. The number of piperazine rings is 1. The molecule has 0 atom stereocenters. The molecule has 1 saturated heterocycles. The molecule has 0 radical (unpaired) electrons. The zero-order valence-electron chi connectivity index (χ0n) is 8.63. The van der Waals surface area contributed by atoms with Crippen molar-refractivity contribution in [3.05, 3.63) is 21.3 Å². The first-order valence-electron chi connectivity index (χ1n) is 5.22. The van der Waals surface area contributed by atoms with Crippen LogP contribution in [-0.2, 0) is 6.54 Å². The molecule has 0 amide bonds. The van der Waals surface area contributed by atoms with Crippen molar-refractivity contribution in [1.82, 2.24) is 15.5 Å². The maximum absolute atomic E-state index is 5.86. The van der Waals surface area contributed by atoms with Crippen molar-refractivity contribution in [2.75, 3.05) is 32.8 Å². The van der Waals surface area contributed by atoms with E-state index in [1.807, 2.05) is 6.07 Å². The van der Waals surface area contributed by atoms with Crippen LogP contribution in [0.4, 0.5) is 0 Å². The van der Waals surface area contributed by atoms with Crippen molar-refractivity contribution in [2.45, 2.75) is 6.54 Å². The fraction of sp³-hybridized carbons (Fsp3) is 0.600. The molecule has 0 aliphatic carbocycles. The number of nitrogens with zero attached hydrogens (tertiary/aromatic N) is 1. The molecule has 3 nitrogen and oxygen atoms in total. The Labute approximate surface area is 99.4 Å². The summed E-state index contributed by atoms with van der Waals surface area (Å²) in [4.78, 5) is 3.72. The normalized spacial score (nSPS) is 18.2. The highest BCUT2D eigenvalue weighted by atomic mass is 35.5. The first kappa shape index (κ1) is 11.4. The number of hydrogen-bond donors (Lipinski definition) is 2. The number of nitrogens with one attached hydrogen (secondary N) is 2. The lowest BCUT2D eigenvalue weighted by Crippen LogP contribution is -2.46. The van der Waals surface area contributed by atoms with Crippen LogP contribution in [-0.4, -0.2) is 37.7 Å². The van der Waals surface area contributed by atoms with Gasteiger partial charge in [0.15, 0.2) is 0 Å². The summed E-state index contributed by atoms with van der Waals surface area (Å²) in [6.07, 6.45) is 0. The predicted molar refractivity (Wildman–Crippen MR) is 65.5 cm³/mol. The Bertz CT molecular complexity index is 297. The molecule has 0 bridgehead atoms. The molecular weight excluding hydrogens is 230 g/mol. The van der Waals surface area contributed by atoms with Crippen LogP contribution in [0.25, 0.3) is 0 Å². The highest BCUT2D eigenvalue weighted by Gasteiger charge is 2.08. The van der Waals surface area contributed by atoms with Crippen molar-refractivity contribution < 1.29 is 0 Å². The van der Waals surface area contributed by atoms with Gasteiger partial charge in [-0.25, -0.2) is 0 Å².